The molecule has 0 saturated heterocycles. The van der Waals surface area contributed by atoms with Gasteiger partial charge >= 0.3 is 0 Å². The second-order valence-corrected chi connectivity index (χ2v) is 4.93. The van der Waals surface area contributed by atoms with Crippen LogP contribution in [0.25, 0.3) is 0 Å². The maximum atomic E-state index is 14.2. The average Bonchev–Trinajstić information content (AvgIpc) is 2.47. The van der Waals surface area contributed by atoms with E-state index in [1.165, 1.54) is 18.2 Å². The maximum absolute atomic E-state index is 14.2. The normalized spacial score (nSPS) is 12.2. The van der Waals surface area contributed by atoms with E-state index in [1.54, 1.807) is 12.1 Å². The summed E-state index contributed by atoms with van der Waals surface area (Å²) in [7, 11) is 1.48. The van der Waals surface area contributed by atoms with Gasteiger partial charge in [-0.15, -0.1) is 0 Å². The first-order chi connectivity index (χ1) is 9.67. The Kier molecular flexibility index (Phi) is 4.74. The first kappa shape index (κ1) is 14.5. The van der Waals surface area contributed by atoms with Crippen molar-refractivity contribution in [1.29, 1.82) is 0 Å². The quantitative estimate of drug-likeness (QED) is 0.906. The van der Waals surface area contributed by atoms with Crippen molar-refractivity contribution in [2.75, 3.05) is 13.7 Å². The molecule has 0 fully saturated rings. The molecule has 106 valence electrons. The smallest absolute Gasteiger partial charge is 0.168 e. The van der Waals surface area contributed by atoms with Crippen LogP contribution >= 0.6 is 0 Å². The summed E-state index contributed by atoms with van der Waals surface area (Å²) in [6, 6.07) is 13.3. The molecule has 2 N–H and O–H groups in total. The maximum Gasteiger partial charge on any atom is 0.168 e. The number of aryl methyl sites for hydroxylation is 1. The van der Waals surface area contributed by atoms with E-state index in [9.17, 15) is 4.39 Å². The first-order valence-corrected chi connectivity index (χ1v) is 6.74. The Bertz CT molecular complexity index is 583. The Labute approximate surface area is 119 Å². The number of ether oxygens (including phenoxy) is 1. The van der Waals surface area contributed by atoms with E-state index in [2.05, 4.69) is 19.1 Å². The molecule has 20 heavy (non-hydrogen) atoms. The Morgan fingerprint density at radius 2 is 1.90 bits per heavy atom. The molecule has 0 radical (unpaired) electrons. The number of hydrogen-bond donors (Lipinski definition) is 1. The highest BCUT2D eigenvalue weighted by Gasteiger charge is 2.16. The number of rotatable bonds is 5. The van der Waals surface area contributed by atoms with Gasteiger partial charge < -0.3 is 10.5 Å². The molecule has 0 aliphatic carbocycles. The predicted molar refractivity (Wildman–Crippen MR) is 79.6 cm³/mol. The van der Waals surface area contributed by atoms with Crippen LogP contribution in [0, 0.1) is 12.7 Å². The van der Waals surface area contributed by atoms with E-state index < -0.39 is 0 Å². The second kappa shape index (κ2) is 6.53. The van der Waals surface area contributed by atoms with Gasteiger partial charge in [0.05, 0.1) is 7.11 Å². The van der Waals surface area contributed by atoms with Crippen molar-refractivity contribution in [3.63, 3.8) is 0 Å². The van der Waals surface area contributed by atoms with Crippen LogP contribution in [0.15, 0.2) is 42.5 Å². The standard InChI is InChI=1S/C17H20FNO/c1-12-6-3-4-8-15(12)14(11-19)10-13-7-5-9-16(20-2)17(13)18/h3-9,14H,10-11,19H2,1-2H3. The van der Waals surface area contributed by atoms with E-state index >= 15 is 0 Å². The van der Waals surface area contributed by atoms with Crippen LogP contribution in [0.1, 0.15) is 22.6 Å². The molecule has 0 heterocycles. The summed E-state index contributed by atoms with van der Waals surface area (Å²) in [6.45, 7) is 2.54. The molecule has 2 rings (SSSR count). The van der Waals surface area contributed by atoms with Crippen molar-refractivity contribution in [1.82, 2.24) is 0 Å². The lowest BCUT2D eigenvalue weighted by Crippen LogP contribution is -2.16. The molecular formula is C17H20FNO. The van der Waals surface area contributed by atoms with Crippen LogP contribution in [-0.2, 0) is 6.42 Å². The van der Waals surface area contributed by atoms with Gasteiger partial charge in [0.2, 0.25) is 0 Å². The van der Waals surface area contributed by atoms with E-state index in [0.717, 1.165) is 0 Å². The van der Waals surface area contributed by atoms with E-state index in [-0.39, 0.29) is 17.5 Å². The Morgan fingerprint density at radius 3 is 2.55 bits per heavy atom. The Balaban J connectivity index is 2.30. The zero-order valence-corrected chi connectivity index (χ0v) is 11.9. The average molecular weight is 273 g/mol. The predicted octanol–water partition coefficient (Wildman–Crippen LogP) is 3.43. The van der Waals surface area contributed by atoms with Crippen molar-refractivity contribution in [2.45, 2.75) is 19.3 Å². The van der Waals surface area contributed by atoms with E-state index in [0.29, 0.717) is 18.5 Å². The minimum atomic E-state index is -0.290. The third kappa shape index (κ3) is 2.99. The number of hydrogen-bond acceptors (Lipinski definition) is 2. The number of nitrogens with two attached hydrogens (primary N) is 1. The second-order valence-electron chi connectivity index (χ2n) is 4.93. The molecule has 2 aromatic carbocycles. The molecular weight excluding hydrogens is 253 g/mol. The third-order valence-electron chi connectivity index (χ3n) is 3.64. The van der Waals surface area contributed by atoms with Gasteiger partial charge in [-0.2, -0.15) is 0 Å². The van der Waals surface area contributed by atoms with Gasteiger partial charge in [-0.1, -0.05) is 36.4 Å². The summed E-state index contributed by atoms with van der Waals surface area (Å²) in [5, 5.41) is 0. The Hall–Kier alpha value is -1.87. The zero-order chi connectivity index (χ0) is 14.5. The molecule has 1 atom stereocenters. The Morgan fingerprint density at radius 1 is 1.15 bits per heavy atom. The molecule has 0 amide bonds. The molecule has 0 spiro atoms. The highest BCUT2D eigenvalue weighted by molar-refractivity contribution is 5.35. The summed E-state index contributed by atoms with van der Waals surface area (Å²) < 4.78 is 19.2. The van der Waals surface area contributed by atoms with Crippen LogP contribution in [0.3, 0.4) is 0 Å². The fourth-order valence-corrected chi connectivity index (χ4v) is 2.50. The summed E-state index contributed by atoms with van der Waals surface area (Å²) in [5.74, 6) is 0.0999. The van der Waals surface area contributed by atoms with Crippen molar-refractivity contribution in [3.8, 4) is 5.75 Å². The van der Waals surface area contributed by atoms with Crippen LogP contribution in [0.2, 0.25) is 0 Å². The lowest BCUT2D eigenvalue weighted by Gasteiger charge is -2.18. The van der Waals surface area contributed by atoms with Gasteiger partial charge in [0, 0.05) is 5.92 Å². The molecule has 0 bridgehead atoms. The molecule has 0 aromatic heterocycles. The molecule has 3 heteroatoms. The van der Waals surface area contributed by atoms with Gasteiger partial charge in [0.1, 0.15) is 0 Å². The highest BCUT2D eigenvalue weighted by Crippen LogP contribution is 2.27. The third-order valence-corrected chi connectivity index (χ3v) is 3.64. The number of benzene rings is 2. The molecule has 2 aromatic rings. The van der Waals surface area contributed by atoms with Crippen LogP contribution in [-0.4, -0.2) is 13.7 Å². The van der Waals surface area contributed by atoms with Crippen LogP contribution < -0.4 is 10.5 Å². The topological polar surface area (TPSA) is 35.2 Å². The SMILES string of the molecule is COc1cccc(CC(CN)c2ccccc2C)c1F. The minimum absolute atomic E-state index is 0.109. The number of halogens is 1. The van der Waals surface area contributed by atoms with Crippen molar-refractivity contribution >= 4 is 0 Å². The van der Waals surface area contributed by atoms with Gasteiger partial charge in [-0.3, -0.25) is 0 Å². The fourth-order valence-electron chi connectivity index (χ4n) is 2.50. The molecule has 0 saturated carbocycles. The minimum Gasteiger partial charge on any atom is -0.494 e. The summed E-state index contributed by atoms with van der Waals surface area (Å²) in [4.78, 5) is 0. The van der Waals surface area contributed by atoms with Gasteiger partial charge in [-0.05, 0) is 42.6 Å². The highest BCUT2D eigenvalue weighted by atomic mass is 19.1. The molecule has 1 unspecified atom stereocenters. The molecule has 0 aliphatic heterocycles. The van der Waals surface area contributed by atoms with Crippen molar-refractivity contribution in [3.05, 3.63) is 65.0 Å². The fraction of sp³-hybridized carbons (Fsp3) is 0.294. The van der Waals surface area contributed by atoms with Gasteiger partial charge in [0.15, 0.2) is 11.6 Å². The zero-order valence-electron chi connectivity index (χ0n) is 11.9. The van der Waals surface area contributed by atoms with Crippen molar-refractivity contribution < 1.29 is 9.13 Å². The van der Waals surface area contributed by atoms with Crippen molar-refractivity contribution in [2.24, 2.45) is 5.73 Å². The van der Waals surface area contributed by atoms with Crippen LogP contribution in [0.4, 0.5) is 4.39 Å². The molecule has 0 aliphatic rings. The van der Waals surface area contributed by atoms with E-state index in [4.69, 9.17) is 10.5 Å². The summed E-state index contributed by atoms with van der Waals surface area (Å²) in [5.41, 5.74) is 8.89. The van der Waals surface area contributed by atoms with Gasteiger partial charge in [0.25, 0.3) is 0 Å². The lowest BCUT2D eigenvalue weighted by atomic mass is 9.89. The summed E-state index contributed by atoms with van der Waals surface area (Å²) in [6.07, 6.45) is 0.574. The lowest BCUT2D eigenvalue weighted by molar-refractivity contribution is 0.383. The molecule has 2 nitrogen and oxygen atoms in total. The van der Waals surface area contributed by atoms with Gasteiger partial charge in [-0.25, -0.2) is 4.39 Å². The first-order valence-electron chi connectivity index (χ1n) is 6.74. The number of methoxy groups -OCH3 is 1. The largest absolute Gasteiger partial charge is 0.494 e. The monoisotopic (exact) mass is 273 g/mol. The van der Waals surface area contributed by atoms with Crippen LogP contribution in [0.5, 0.6) is 5.75 Å². The summed E-state index contributed by atoms with van der Waals surface area (Å²) >= 11 is 0. The van der Waals surface area contributed by atoms with E-state index in [1.807, 2.05) is 18.2 Å².